The summed E-state index contributed by atoms with van der Waals surface area (Å²) in [4.78, 5) is 1.88. The van der Waals surface area contributed by atoms with Crippen molar-refractivity contribution in [2.45, 2.75) is 6.10 Å². The number of aliphatic hydroxyl groups is 1. The molecule has 0 aliphatic rings. The Morgan fingerprint density at radius 1 is 1.07 bits per heavy atom. The van der Waals surface area contributed by atoms with Crippen LogP contribution in [0.1, 0.15) is 15.9 Å². The van der Waals surface area contributed by atoms with Crippen LogP contribution < -0.4 is 0 Å². The molecule has 2 rings (SSSR count). The monoisotopic (exact) mass is 430 g/mol. The van der Waals surface area contributed by atoms with E-state index in [9.17, 15) is 5.11 Å². The topological polar surface area (TPSA) is 20.2 Å². The van der Waals surface area contributed by atoms with Crippen LogP contribution in [0.5, 0.6) is 0 Å². The van der Waals surface area contributed by atoms with Gasteiger partial charge in [0, 0.05) is 14.2 Å². The van der Waals surface area contributed by atoms with Crippen LogP contribution in [0.15, 0.2) is 30.2 Å². The van der Waals surface area contributed by atoms with Crippen LogP contribution in [-0.2, 0) is 0 Å². The first-order chi connectivity index (χ1) is 7.08. The summed E-state index contributed by atoms with van der Waals surface area (Å²) in [6.07, 6.45) is -0.533. The first kappa shape index (κ1) is 12.3. The van der Waals surface area contributed by atoms with Gasteiger partial charge in [-0.1, -0.05) is 0 Å². The lowest BCUT2D eigenvalue weighted by Crippen LogP contribution is -1.92. The minimum Gasteiger partial charge on any atom is -0.382 e. The Morgan fingerprint density at radius 3 is 2.27 bits per heavy atom. The third-order valence-corrected chi connectivity index (χ3v) is 6.78. The molecule has 0 spiro atoms. The van der Waals surface area contributed by atoms with Gasteiger partial charge in [-0.25, -0.2) is 0 Å². The molecular weight excluding hydrogens is 428 g/mol. The van der Waals surface area contributed by atoms with Crippen LogP contribution in [-0.4, -0.2) is 5.11 Å². The standard InChI is InChI=1S/C9H5Br3OS2/c10-4-3-6(15-9(4)12)8(13)5-1-2-7(11)14-5/h1-3,8,13H. The number of aliphatic hydroxyl groups excluding tert-OH is 1. The zero-order valence-corrected chi connectivity index (χ0v) is 13.6. The van der Waals surface area contributed by atoms with E-state index in [0.717, 1.165) is 21.8 Å². The predicted molar refractivity (Wildman–Crippen MR) is 75.8 cm³/mol. The average molecular weight is 433 g/mol. The molecule has 0 bridgehead atoms. The molecule has 0 saturated heterocycles. The van der Waals surface area contributed by atoms with Crippen molar-refractivity contribution in [3.05, 3.63) is 40.0 Å². The van der Waals surface area contributed by atoms with Gasteiger partial charge in [0.15, 0.2) is 0 Å². The lowest BCUT2D eigenvalue weighted by atomic mass is 10.2. The number of hydrogen-bond acceptors (Lipinski definition) is 3. The lowest BCUT2D eigenvalue weighted by Gasteiger charge is -2.04. The lowest BCUT2D eigenvalue weighted by molar-refractivity contribution is 0.228. The van der Waals surface area contributed by atoms with Crippen molar-refractivity contribution in [2.24, 2.45) is 0 Å². The Labute approximate surface area is 121 Å². The molecule has 1 nitrogen and oxygen atoms in total. The van der Waals surface area contributed by atoms with E-state index >= 15 is 0 Å². The number of hydrogen-bond donors (Lipinski definition) is 1. The maximum absolute atomic E-state index is 10.1. The maximum Gasteiger partial charge on any atom is 0.122 e. The van der Waals surface area contributed by atoms with Crippen molar-refractivity contribution in [1.29, 1.82) is 0 Å². The summed E-state index contributed by atoms with van der Waals surface area (Å²) in [5.41, 5.74) is 0. The summed E-state index contributed by atoms with van der Waals surface area (Å²) in [6.45, 7) is 0. The molecule has 0 radical (unpaired) electrons. The summed E-state index contributed by atoms with van der Waals surface area (Å²) in [5.74, 6) is 0. The molecule has 0 fully saturated rings. The SMILES string of the molecule is OC(c1ccc(Br)s1)c1cc(Br)c(Br)s1. The minimum absolute atomic E-state index is 0.533. The number of rotatable bonds is 2. The van der Waals surface area contributed by atoms with Crippen LogP contribution in [0.4, 0.5) is 0 Å². The van der Waals surface area contributed by atoms with E-state index in [1.165, 1.54) is 11.3 Å². The van der Waals surface area contributed by atoms with E-state index in [1.54, 1.807) is 11.3 Å². The van der Waals surface area contributed by atoms with Crippen LogP contribution in [0.3, 0.4) is 0 Å². The fourth-order valence-electron chi connectivity index (χ4n) is 1.11. The molecule has 1 unspecified atom stereocenters. The van der Waals surface area contributed by atoms with E-state index in [4.69, 9.17) is 0 Å². The Kier molecular flexibility index (Phi) is 4.07. The largest absolute Gasteiger partial charge is 0.382 e. The van der Waals surface area contributed by atoms with Crippen molar-refractivity contribution in [3.8, 4) is 0 Å². The highest BCUT2D eigenvalue weighted by atomic mass is 79.9. The van der Waals surface area contributed by atoms with Gasteiger partial charge in [0.25, 0.3) is 0 Å². The molecule has 0 aliphatic heterocycles. The van der Waals surface area contributed by atoms with Gasteiger partial charge in [0.05, 0.1) is 7.57 Å². The van der Waals surface area contributed by atoms with Gasteiger partial charge < -0.3 is 5.11 Å². The molecule has 2 heterocycles. The zero-order valence-electron chi connectivity index (χ0n) is 7.21. The highest BCUT2D eigenvalue weighted by molar-refractivity contribution is 9.13. The van der Waals surface area contributed by atoms with Crippen molar-refractivity contribution >= 4 is 70.5 Å². The summed E-state index contributed by atoms with van der Waals surface area (Å²) in [5, 5.41) is 10.1. The quantitative estimate of drug-likeness (QED) is 0.693. The predicted octanol–water partition coefficient (Wildman–Crippen LogP) is 5.18. The molecule has 0 amide bonds. The fraction of sp³-hybridized carbons (Fsp3) is 0.111. The van der Waals surface area contributed by atoms with Crippen LogP contribution in [0.25, 0.3) is 0 Å². The number of thiophene rings is 2. The molecule has 2 aromatic rings. The first-order valence-corrected chi connectivity index (χ1v) is 7.97. The van der Waals surface area contributed by atoms with Gasteiger partial charge >= 0.3 is 0 Å². The van der Waals surface area contributed by atoms with E-state index in [-0.39, 0.29) is 0 Å². The molecule has 0 aliphatic carbocycles. The van der Waals surface area contributed by atoms with E-state index < -0.39 is 6.10 Å². The number of halogens is 3. The summed E-state index contributed by atoms with van der Waals surface area (Å²) >= 11 is 13.3. The van der Waals surface area contributed by atoms with Gasteiger partial charge in [-0.2, -0.15) is 0 Å². The third kappa shape index (κ3) is 2.73. The average Bonchev–Trinajstić information content (AvgIpc) is 2.74. The first-order valence-electron chi connectivity index (χ1n) is 3.96. The molecular formula is C9H5Br3OS2. The Morgan fingerprint density at radius 2 is 1.80 bits per heavy atom. The highest BCUT2D eigenvalue weighted by Gasteiger charge is 2.16. The maximum atomic E-state index is 10.1. The molecule has 0 aromatic carbocycles. The van der Waals surface area contributed by atoms with Crippen molar-refractivity contribution < 1.29 is 5.11 Å². The second-order valence-electron chi connectivity index (χ2n) is 2.81. The van der Waals surface area contributed by atoms with Crippen LogP contribution >= 0.6 is 70.5 Å². The fourth-order valence-corrected chi connectivity index (χ4v) is 4.71. The van der Waals surface area contributed by atoms with Crippen LogP contribution in [0.2, 0.25) is 0 Å². The molecule has 1 N–H and O–H groups in total. The van der Waals surface area contributed by atoms with Gasteiger partial charge in [-0.05, 0) is 66.0 Å². The Balaban J connectivity index is 2.31. The Hall–Kier alpha value is 0.800. The van der Waals surface area contributed by atoms with Crippen molar-refractivity contribution in [2.75, 3.05) is 0 Å². The van der Waals surface area contributed by atoms with E-state index in [2.05, 4.69) is 47.8 Å². The Bertz CT molecular complexity index is 458. The molecule has 0 saturated carbocycles. The second kappa shape index (κ2) is 4.98. The molecule has 15 heavy (non-hydrogen) atoms. The summed E-state index contributed by atoms with van der Waals surface area (Å²) < 4.78 is 3.02. The zero-order chi connectivity index (χ0) is 11.0. The highest BCUT2D eigenvalue weighted by Crippen LogP contribution is 2.39. The molecule has 80 valence electrons. The van der Waals surface area contributed by atoms with Gasteiger partial charge in [0.2, 0.25) is 0 Å². The molecule has 1 atom stereocenters. The smallest absolute Gasteiger partial charge is 0.122 e. The van der Waals surface area contributed by atoms with Gasteiger partial charge in [-0.3, -0.25) is 0 Å². The van der Waals surface area contributed by atoms with Gasteiger partial charge in [-0.15, -0.1) is 22.7 Å². The van der Waals surface area contributed by atoms with E-state index in [1.807, 2.05) is 18.2 Å². The minimum atomic E-state index is -0.533. The van der Waals surface area contributed by atoms with Crippen LogP contribution in [0, 0.1) is 0 Å². The molecule has 6 heteroatoms. The van der Waals surface area contributed by atoms with Gasteiger partial charge in [0.1, 0.15) is 6.10 Å². The van der Waals surface area contributed by atoms with E-state index in [0.29, 0.717) is 0 Å². The normalized spacial score (nSPS) is 13.1. The molecule has 2 aromatic heterocycles. The van der Waals surface area contributed by atoms with Crippen molar-refractivity contribution in [3.63, 3.8) is 0 Å². The van der Waals surface area contributed by atoms with Crippen molar-refractivity contribution in [1.82, 2.24) is 0 Å². The summed E-state index contributed by atoms with van der Waals surface area (Å²) in [7, 11) is 0. The second-order valence-corrected chi connectivity index (χ2v) is 8.57. The third-order valence-electron chi connectivity index (χ3n) is 1.80. The summed E-state index contributed by atoms with van der Waals surface area (Å²) in [6, 6.07) is 5.81.